The Balaban J connectivity index is 1.72. The molecule has 0 aromatic heterocycles. The van der Waals surface area contributed by atoms with E-state index in [2.05, 4.69) is 4.18 Å². The first-order valence-corrected chi connectivity index (χ1v) is 13.6. The van der Waals surface area contributed by atoms with Crippen molar-refractivity contribution in [2.45, 2.75) is 54.7 Å². The quantitative estimate of drug-likeness (QED) is 0.202. The minimum absolute atomic E-state index is 0.0378. The van der Waals surface area contributed by atoms with Crippen molar-refractivity contribution in [3.63, 3.8) is 0 Å². The average Bonchev–Trinajstić information content (AvgIpc) is 3.43. The molecule has 6 atom stereocenters. The van der Waals surface area contributed by atoms with Crippen LogP contribution in [0.3, 0.4) is 0 Å². The highest BCUT2D eigenvalue weighted by Crippen LogP contribution is 2.42. The number of nitrogens with zero attached hydrogens (tertiary/aromatic N) is 1. The molecule has 0 bridgehead atoms. The van der Waals surface area contributed by atoms with Crippen LogP contribution in [0.2, 0.25) is 0 Å². The van der Waals surface area contributed by atoms with Crippen LogP contribution in [0.1, 0.15) is 28.7 Å². The van der Waals surface area contributed by atoms with Crippen LogP contribution in [0.5, 0.6) is 11.5 Å². The molecule has 2 heterocycles. The van der Waals surface area contributed by atoms with E-state index in [9.17, 15) is 52.4 Å². The lowest BCUT2D eigenvalue weighted by molar-refractivity contribution is -0.358. The topological polar surface area (TPSA) is 196 Å². The summed E-state index contributed by atoms with van der Waals surface area (Å²) in [5, 5.41) is 62.3. The Labute approximate surface area is 231 Å². The SMILES string of the molecule is N#Cc1cc(O[C@H]2CCOC2)c([C@]2(O)O[C@H](CO)[C@@H](O)[C@H](O)[C@H]2O)cc1Cc1ccc(OS(=O)(=O)C(F)(F)F)cc1. The molecular weight excluding hydrogens is 579 g/mol. The van der Waals surface area contributed by atoms with E-state index in [1.54, 1.807) is 0 Å². The fourth-order valence-corrected chi connectivity index (χ4v) is 4.93. The molecule has 0 radical (unpaired) electrons. The molecule has 4 rings (SSSR count). The Morgan fingerprint density at radius 2 is 1.80 bits per heavy atom. The van der Waals surface area contributed by atoms with Crippen molar-refractivity contribution < 1.29 is 65.5 Å². The van der Waals surface area contributed by atoms with Gasteiger partial charge in [0.05, 0.1) is 37.0 Å². The van der Waals surface area contributed by atoms with E-state index in [0.717, 1.165) is 12.1 Å². The second-order valence-electron chi connectivity index (χ2n) is 9.49. The van der Waals surface area contributed by atoms with Gasteiger partial charge in [0.25, 0.3) is 0 Å². The van der Waals surface area contributed by atoms with Crippen molar-refractivity contribution in [1.29, 1.82) is 5.26 Å². The summed E-state index contributed by atoms with van der Waals surface area (Å²) in [7, 11) is -5.88. The predicted molar refractivity (Wildman–Crippen MR) is 130 cm³/mol. The molecule has 0 aliphatic carbocycles. The molecule has 0 amide bonds. The summed E-state index contributed by atoms with van der Waals surface area (Å²) in [4.78, 5) is 0. The van der Waals surface area contributed by atoms with Gasteiger partial charge in [0.15, 0.2) is 0 Å². The summed E-state index contributed by atoms with van der Waals surface area (Å²) >= 11 is 0. The highest BCUT2D eigenvalue weighted by Gasteiger charge is 2.55. The summed E-state index contributed by atoms with van der Waals surface area (Å²) in [6.07, 6.45) is -7.47. The van der Waals surface area contributed by atoms with Crippen molar-refractivity contribution in [3.8, 4) is 17.6 Å². The van der Waals surface area contributed by atoms with E-state index < -0.39 is 64.3 Å². The molecule has 2 saturated heterocycles. The maximum Gasteiger partial charge on any atom is 0.534 e. The van der Waals surface area contributed by atoms with Gasteiger partial charge >= 0.3 is 15.6 Å². The van der Waals surface area contributed by atoms with Crippen LogP contribution in [0.4, 0.5) is 13.2 Å². The molecule has 2 aliphatic heterocycles. The zero-order valence-electron chi connectivity index (χ0n) is 21.1. The van der Waals surface area contributed by atoms with E-state index >= 15 is 0 Å². The summed E-state index contributed by atoms with van der Waals surface area (Å²) < 4.78 is 81.2. The lowest BCUT2D eigenvalue weighted by atomic mass is 9.85. The van der Waals surface area contributed by atoms with Gasteiger partial charge in [-0.1, -0.05) is 12.1 Å². The molecule has 41 heavy (non-hydrogen) atoms. The summed E-state index contributed by atoms with van der Waals surface area (Å²) in [6.45, 7) is -0.264. The number of alkyl halides is 3. The fraction of sp³-hybridized carbons (Fsp3) is 0.480. The molecule has 2 fully saturated rings. The average molecular weight is 606 g/mol. The largest absolute Gasteiger partial charge is 0.534 e. The Kier molecular flexibility index (Phi) is 8.83. The third kappa shape index (κ3) is 6.27. The maximum absolute atomic E-state index is 12.6. The number of ether oxygens (including phenoxy) is 3. The van der Waals surface area contributed by atoms with Crippen molar-refractivity contribution in [2.75, 3.05) is 19.8 Å². The number of aliphatic hydroxyl groups excluding tert-OH is 4. The van der Waals surface area contributed by atoms with Crippen LogP contribution in [0.15, 0.2) is 36.4 Å². The lowest BCUT2D eigenvalue weighted by Gasteiger charge is -2.46. The van der Waals surface area contributed by atoms with E-state index in [1.807, 2.05) is 6.07 Å². The molecule has 2 aromatic rings. The summed E-state index contributed by atoms with van der Waals surface area (Å²) in [6, 6.07) is 8.96. The van der Waals surface area contributed by atoms with Crippen molar-refractivity contribution in [3.05, 3.63) is 58.7 Å². The van der Waals surface area contributed by atoms with E-state index in [-0.39, 0.29) is 35.5 Å². The first-order chi connectivity index (χ1) is 19.2. The Morgan fingerprint density at radius 1 is 1.12 bits per heavy atom. The van der Waals surface area contributed by atoms with Gasteiger partial charge in [-0.3, -0.25) is 0 Å². The lowest BCUT2D eigenvalue weighted by Crippen LogP contribution is -2.63. The Bertz CT molecular complexity index is 1390. The van der Waals surface area contributed by atoms with E-state index in [0.29, 0.717) is 18.6 Å². The van der Waals surface area contributed by atoms with E-state index in [4.69, 9.17) is 14.2 Å². The first kappa shape index (κ1) is 30.9. The van der Waals surface area contributed by atoms with Crippen molar-refractivity contribution in [2.24, 2.45) is 0 Å². The molecule has 0 saturated carbocycles. The number of halogens is 3. The molecule has 0 unspecified atom stereocenters. The fourth-order valence-electron chi connectivity index (χ4n) is 4.47. The molecule has 2 aromatic carbocycles. The van der Waals surface area contributed by atoms with Gasteiger partial charge in [-0.2, -0.15) is 26.9 Å². The second kappa shape index (κ2) is 11.7. The minimum Gasteiger partial charge on any atom is -0.487 e. The molecule has 16 heteroatoms. The minimum atomic E-state index is -5.88. The summed E-state index contributed by atoms with van der Waals surface area (Å²) in [5.41, 5.74) is -5.24. The van der Waals surface area contributed by atoms with Crippen molar-refractivity contribution in [1.82, 2.24) is 0 Å². The number of hydrogen-bond donors (Lipinski definition) is 5. The maximum atomic E-state index is 12.6. The molecule has 5 N–H and O–H groups in total. The van der Waals surface area contributed by atoms with Gasteiger partial charge in [-0.05, 0) is 41.8 Å². The van der Waals surface area contributed by atoms with Gasteiger partial charge in [0.1, 0.15) is 42.0 Å². The molecular formula is C25H26F3NO11S. The van der Waals surface area contributed by atoms with Gasteiger partial charge in [0.2, 0.25) is 5.79 Å². The number of aliphatic hydroxyl groups is 5. The van der Waals surface area contributed by atoms with Crippen LogP contribution in [0, 0.1) is 11.3 Å². The molecule has 224 valence electrons. The Hall–Kier alpha value is -3.01. The van der Waals surface area contributed by atoms with E-state index in [1.165, 1.54) is 24.3 Å². The monoisotopic (exact) mass is 605 g/mol. The normalized spacial score (nSPS) is 28.7. The van der Waals surface area contributed by atoms with Gasteiger partial charge in [0, 0.05) is 6.42 Å². The van der Waals surface area contributed by atoms with Gasteiger partial charge < -0.3 is 43.9 Å². The second-order valence-corrected chi connectivity index (χ2v) is 11.0. The zero-order valence-corrected chi connectivity index (χ0v) is 21.9. The number of rotatable bonds is 8. The highest BCUT2D eigenvalue weighted by molar-refractivity contribution is 7.88. The van der Waals surface area contributed by atoms with Crippen LogP contribution in [-0.2, 0) is 31.8 Å². The standard InChI is InChI=1S/C25H26F3NO11S/c26-25(27,28)41(35,36)40-16-3-1-13(2-4-16)7-14-8-18(19(9-15(14)10-29)38-17-5-6-37-12-17)24(34)23(33)22(32)21(31)20(11-30)39-24/h1-4,8-9,17,20-23,30-34H,5-7,11-12H2/t17-,20+,21+,22-,23+,24-/m0/s1. The summed E-state index contributed by atoms with van der Waals surface area (Å²) in [5.74, 6) is -3.44. The van der Waals surface area contributed by atoms with Crippen LogP contribution in [0.25, 0.3) is 0 Å². The number of benzene rings is 2. The number of nitriles is 1. The molecule has 2 aliphatic rings. The highest BCUT2D eigenvalue weighted by atomic mass is 32.2. The van der Waals surface area contributed by atoms with Crippen molar-refractivity contribution >= 4 is 10.1 Å². The number of hydrogen-bond acceptors (Lipinski definition) is 12. The van der Waals surface area contributed by atoms with Crippen LogP contribution >= 0.6 is 0 Å². The predicted octanol–water partition coefficient (Wildman–Crippen LogP) is 0.164. The smallest absolute Gasteiger partial charge is 0.487 e. The third-order valence-corrected chi connectivity index (χ3v) is 7.65. The van der Waals surface area contributed by atoms with Gasteiger partial charge in [-0.15, -0.1) is 0 Å². The Morgan fingerprint density at radius 3 is 2.37 bits per heavy atom. The van der Waals surface area contributed by atoms with Gasteiger partial charge in [-0.25, -0.2) is 0 Å². The third-order valence-electron chi connectivity index (χ3n) is 6.67. The van der Waals surface area contributed by atoms with Crippen LogP contribution < -0.4 is 8.92 Å². The molecule has 0 spiro atoms. The first-order valence-electron chi connectivity index (χ1n) is 12.2. The zero-order chi connectivity index (χ0) is 30.2. The van der Waals surface area contributed by atoms with Crippen LogP contribution in [-0.4, -0.2) is 89.8 Å². The molecule has 12 nitrogen and oxygen atoms in total.